The first-order valence-electron chi connectivity index (χ1n) is 4.25. The maximum absolute atomic E-state index is 10.6. The number of halogens is 1. The van der Waals surface area contributed by atoms with E-state index in [1.165, 1.54) is 24.8 Å². The molecular weight excluding hydrogens is 234 g/mol. The second kappa shape index (κ2) is 5.78. The molecule has 1 aromatic rings. The molecule has 0 saturated carbocycles. The van der Waals surface area contributed by atoms with Crippen molar-refractivity contribution in [2.45, 2.75) is 6.92 Å². The largest absolute Gasteiger partial charge is 0.505 e. The van der Waals surface area contributed by atoms with Crippen molar-refractivity contribution in [2.24, 2.45) is 0 Å². The summed E-state index contributed by atoms with van der Waals surface area (Å²) >= 11 is 6.84. The lowest BCUT2D eigenvalue weighted by molar-refractivity contribution is -0.109. The van der Waals surface area contributed by atoms with Crippen LogP contribution in [0.25, 0.3) is 6.08 Å². The number of nitrogens with zero attached hydrogens (tertiary/aromatic N) is 1. The highest BCUT2D eigenvalue weighted by Crippen LogP contribution is 2.20. The molecule has 0 aliphatic rings. The lowest BCUT2D eigenvalue weighted by atomic mass is 10.3. The van der Waals surface area contributed by atoms with Crippen molar-refractivity contribution in [2.75, 3.05) is 5.75 Å². The molecule has 0 bridgehead atoms. The van der Waals surface area contributed by atoms with E-state index in [0.717, 1.165) is 0 Å². The fraction of sp³-hybridized carbons (Fsp3) is 0.200. The molecule has 0 atom stereocenters. The van der Waals surface area contributed by atoms with Crippen molar-refractivity contribution in [3.63, 3.8) is 0 Å². The lowest BCUT2D eigenvalue weighted by Crippen LogP contribution is -1.84. The molecular formula is C10H10ClNO2S. The molecule has 0 aliphatic carbocycles. The van der Waals surface area contributed by atoms with Crippen LogP contribution < -0.4 is 0 Å². The number of aromatic nitrogens is 1. The van der Waals surface area contributed by atoms with E-state index in [-0.39, 0.29) is 16.0 Å². The highest BCUT2D eigenvalue weighted by Gasteiger charge is 1.98. The predicted octanol–water partition coefficient (Wildman–Crippen LogP) is 2.73. The SMILES string of the molecule is CC(=O)SCC=Cc1ccc(O)c(Cl)n1. The lowest BCUT2D eigenvalue weighted by Gasteiger charge is -1.96. The highest BCUT2D eigenvalue weighted by atomic mass is 35.5. The van der Waals surface area contributed by atoms with Crippen LogP contribution in [-0.4, -0.2) is 21.0 Å². The van der Waals surface area contributed by atoms with Gasteiger partial charge < -0.3 is 5.11 Å². The Kier molecular flexibility index (Phi) is 4.65. The van der Waals surface area contributed by atoms with Crippen LogP contribution in [0.5, 0.6) is 5.75 Å². The van der Waals surface area contributed by atoms with Crippen LogP contribution in [0, 0.1) is 0 Å². The molecule has 0 spiro atoms. The van der Waals surface area contributed by atoms with E-state index in [4.69, 9.17) is 16.7 Å². The zero-order valence-corrected chi connectivity index (χ0v) is 9.68. The van der Waals surface area contributed by atoms with Crippen LogP contribution in [-0.2, 0) is 4.79 Å². The van der Waals surface area contributed by atoms with Gasteiger partial charge in [-0.3, -0.25) is 4.79 Å². The molecule has 0 unspecified atom stereocenters. The number of pyridine rings is 1. The summed E-state index contributed by atoms with van der Waals surface area (Å²) in [7, 11) is 0. The molecule has 80 valence electrons. The van der Waals surface area contributed by atoms with Gasteiger partial charge in [0.2, 0.25) is 0 Å². The number of rotatable bonds is 3. The summed E-state index contributed by atoms with van der Waals surface area (Å²) in [6, 6.07) is 3.13. The van der Waals surface area contributed by atoms with Gasteiger partial charge >= 0.3 is 0 Å². The average molecular weight is 244 g/mol. The molecule has 0 aromatic carbocycles. The Morgan fingerprint density at radius 1 is 1.67 bits per heavy atom. The number of carbonyl (C=O) groups excluding carboxylic acids is 1. The molecule has 1 heterocycles. The van der Waals surface area contributed by atoms with E-state index < -0.39 is 0 Å². The van der Waals surface area contributed by atoms with Gasteiger partial charge in [-0.05, 0) is 18.2 Å². The molecule has 1 rings (SSSR count). The van der Waals surface area contributed by atoms with Gasteiger partial charge in [0.1, 0.15) is 0 Å². The van der Waals surface area contributed by atoms with Gasteiger partial charge in [-0.1, -0.05) is 29.4 Å². The second-order valence-corrected chi connectivity index (χ2v) is 4.31. The third-order valence-electron chi connectivity index (χ3n) is 1.52. The molecule has 0 radical (unpaired) electrons. The molecule has 0 amide bonds. The maximum atomic E-state index is 10.6. The first-order valence-corrected chi connectivity index (χ1v) is 5.61. The minimum Gasteiger partial charge on any atom is -0.505 e. The molecule has 0 aliphatic heterocycles. The van der Waals surface area contributed by atoms with Crippen molar-refractivity contribution in [3.8, 4) is 5.75 Å². The highest BCUT2D eigenvalue weighted by molar-refractivity contribution is 8.13. The zero-order valence-electron chi connectivity index (χ0n) is 8.11. The van der Waals surface area contributed by atoms with Crippen LogP contribution in [0.15, 0.2) is 18.2 Å². The Morgan fingerprint density at radius 3 is 3.00 bits per heavy atom. The zero-order chi connectivity index (χ0) is 11.3. The molecule has 1 N–H and O–H groups in total. The minimum absolute atomic E-state index is 0.0353. The number of thioether (sulfide) groups is 1. The van der Waals surface area contributed by atoms with Crippen molar-refractivity contribution in [3.05, 3.63) is 29.1 Å². The number of hydrogen-bond donors (Lipinski definition) is 1. The van der Waals surface area contributed by atoms with Crippen LogP contribution in [0.1, 0.15) is 12.6 Å². The third-order valence-corrected chi connectivity index (χ3v) is 2.57. The van der Waals surface area contributed by atoms with E-state index >= 15 is 0 Å². The van der Waals surface area contributed by atoms with Gasteiger partial charge in [-0.15, -0.1) is 0 Å². The van der Waals surface area contributed by atoms with Crippen molar-refractivity contribution in [1.29, 1.82) is 0 Å². The van der Waals surface area contributed by atoms with E-state index in [2.05, 4.69) is 4.98 Å². The van der Waals surface area contributed by atoms with Crippen molar-refractivity contribution >= 4 is 34.6 Å². The van der Waals surface area contributed by atoms with E-state index in [0.29, 0.717) is 11.4 Å². The number of aromatic hydroxyl groups is 1. The monoisotopic (exact) mass is 243 g/mol. The first-order chi connectivity index (χ1) is 7.09. The predicted molar refractivity (Wildman–Crippen MR) is 63.1 cm³/mol. The van der Waals surface area contributed by atoms with Crippen LogP contribution in [0.3, 0.4) is 0 Å². The number of carbonyl (C=O) groups is 1. The maximum Gasteiger partial charge on any atom is 0.186 e. The fourth-order valence-electron chi connectivity index (χ4n) is 0.868. The summed E-state index contributed by atoms with van der Waals surface area (Å²) in [5, 5.41) is 9.28. The summed E-state index contributed by atoms with van der Waals surface area (Å²) < 4.78 is 0. The fourth-order valence-corrected chi connectivity index (χ4v) is 1.46. The standard InChI is InChI=1S/C10H10ClNO2S/c1-7(13)15-6-2-3-8-4-5-9(14)10(11)12-8/h2-5,14H,6H2,1H3. The Hall–Kier alpha value is -1.000. The summed E-state index contributed by atoms with van der Waals surface area (Å²) in [4.78, 5) is 14.5. The van der Waals surface area contributed by atoms with E-state index in [1.54, 1.807) is 12.1 Å². The number of hydrogen-bond acceptors (Lipinski definition) is 4. The minimum atomic E-state index is -0.0353. The normalized spacial score (nSPS) is 10.8. The second-order valence-electron chi connectivity index (χ2n) is 2.75. The summed E-state index contributed by atoms with van der Waals surface area (Å²) in [6.07, 6.45) is 3.57. The summed E-state index contributed by atoms with van der Waals surface area (Å²) in [5.41, 5.74) is 0.655. The van der Waals surface area contributed by atoms with E-state index in [9.17, 15) is 4.79 Å². The summed E-state index contributed by atoms with van der Waals surface area (Å²) in [6.45, 7) is 1.52. The van der Waals surface area contributed by atoms with Crippen LogP contribution in [0.2, 0.25) is 5.15 Å². The molecule has 1 aromatic heterocycles. The van der Waals surface area contributed by atoms with Gasteiger partial charge in [0.05, 0.1) is 5.69 Å². The van der Waals surface area contributed by atoms with Gasteiger partial charge in [0, 0.05) is 12.7 Å². The Balaban J connectivity index is 2.57. The van der Waals surface area contributed by atoms with Crippen LogP contribution in [0.4, 0.5) is 0 Å². The first kappa shape index (κ1) is 12.1. The Morgan fingerprint density at radius 2 is 2.40 bits per heavy atom. The van der Waals surface area contributed by atoms with Gasteiger partial charge in [0.25, 0.3) is 0 Å². The topological polar surface area (TPSA) is 50.2 Å². The van der Waals surface area contributed by atoms with Crippen molar-refractivity contribution < 1.29 is 9.90 Å². The summed E-state index contributed by atoms with van der Waals surface area (Å²) in [5.74, 6) is 0.571. The molecule has 5 heteroatoms. The average Bonchev–Trinajstić information content (AvgIpc) is 2.18. The molecule has 3 nitrogen and oxygen atoms in total. The Bertz CT molecular complexity index is 393. The van der Waals surface area contributed by atoms with Crippen molar-refractivity contribution in [1.82, 2.24) is 4.98 Å². The van der Waals surface area contributed by atoms with Gasteiger partial charge in [0.15, 0.2) is 16.0 Å². The quantitative estimate of drug-likeness (QED) is 0.830. The molecule has 15 heavy (non-hydrogen) atoms. The Labute approximate surface area is 97.2 Å². The molecule has 0 fully saturated rings. The van der Waals surface area contributed by atoms with E-state index in [1.807, 2.05) is 6.08 Å². The molecule has 0 saturated heterocycles. The van der Waals surface area contributed by atoms with Gasteiger partial charge in [-0.25, -0.2) is 4.98 Å². The van der Waals surface area contributed by atoms with Gasteiger partial charge in [-0.2, -0.15) is 0 Å². The smallest absolute Gasteiger partial charge is 0.186 e. The van der Waals surface area contributed by atoms with Crippen LogP contribution >= 0.6 is 23.4 Å². The third kappa shape index (κ3) is 4.36.